The Bertz CT molecular complexity index is 1890. The lowest BCUT2D eigenvalue weighted by Crippen LogP contribution is -2.41. The summed E-state index contributed by atoms with van der Waals surface area (Å²) in [5.41, 5.74) is 11.6. The van der Waals surface area contributed by atoms with Gasteiger partial charge in [-0.25, -0.2) is 9.97 Å². The molecule has 0 bridgehead atoms. The molecule has 2 aliphatic heterocycles. The highest BCUT2D eigenvalue weighted by Gasteiger charge is 2.50. The maximum Gasteiger partial charge on any atom is 0.305 e. The van der Waals surface area contributed by atoms with Gasteiger partial charge in [-0.15, -0.1) is 0 Å². The molecule has 20 nitrogen and oxygen atoms in total. The molecule has 2 saturated heterocycles. The van der Waals surface area contributed by atoms with E-state index in [0.717, 1.165) is 12.8 Å². The third-order valence-corrected chi connectivity index (χ3v) is 8.18. The highest BCUT2D eigenvalue weighted by molar-refractivity contribution is 5.78. The van der Waals surface area contributed by atoms with E-state index in [9.17, 15) is 14.4 Å². The molecule has 4 aromatic heterocycles. The first-order valence-corrected chi connectivity index (χ1v) is 16.5. The summed E-state index contributed by atoms with van der Waals surface area (Å²) in [5, 5.41) is 0. The molecule has 2 unspecified atom stereocenters. The molecule has 0 radical (unpaired) electrons. The van der Waals surface area contributed by atoms with Crippen molar-refractivity contribution in [3.63, 3.8) is 0 Å². The number of carbonyl (C=O) groups is 3. The number of aromatic amines is 1. The zero-order chi connectivity index (χ0) is 38.4. The van der Waals surface area contributed by atoms with Crippen LogP contribution in [0.1, 0.15) is 80.4 Å². The van der Waals surface area contributed by atoms with E-state index in [0.29, 0.717) is 41.0 Å². The smallest absolute Gasteiger partial charge is 0.305 e. The summed E-state index contributed by atoms with van der Waals surface area (Å²) in [5.74, 6) is -0.281. The molecule has 6 atom stereocenters. The molecule has 52 heavy (non-hydrogen) atoms. The number of aromatic nitrogens is 8. The molecular formula is C32H46N10O10. The van der Waals surface area contributed by atoms with Gasteiger partial charge in [-0.2, -0.15) is 19.9 Å². The minimum Gasteiger partial charge on any atom is -0.479 e. The number of rotatable bonds is 8. The highest BCUT2D eigenvalue weighted by atomic mass is 16.7. The molecule has 5 N–H and O–H groups in total. The molecule has 0 spiro atoms. The number of esters is 3. The van der Waals surface area contributed by atoms with Crippen LogP contribution in [0.4, 0.5) is 11.9 Å². The number of nitrogens with two attached hydrogens (primary N) is 2. The fraction of sp³-hybridized carbons (Fsp3) is 0.594. The lowest BCUT2D eigenvalue weighted by molar-refractivity contribution is -0.213. The van der Waals surface area contributed by atoms with Crippen LogP contribution in [-0.4, -0.2) is 101 Å². The number of nitrogen functional groups attached to an aromatic ring is 2. The molecule has 6 heterocycles. The first-order valence-electron chi connectivity index (χ1n) is 16.5. The summed E-state index contributed by atoms with van der Waals surface area (Å²) < 4.78 is 39.3. The number of H-pyrrole nitrogens is 1. The Balaban J connectivity index is 0.000000187. The van der Waals surface area contributed by atoms with Gasteiger partial charge >= 0.3 is 17.9 Å². The summed E-state index contributed by atoms with van der Waals surface area (Å²) in [4.78, 5) is 60.6. The van der Waals surface area contributed by atoms with Gasteiger partial charge in [-0.05, 0) is 26.7 Å². The topological polar surface area (TPSA) is 266 Å². The predicted molar refractivity (Wildman–Crippen MR) is 183 cm³/mol. The van der Waals surface area contributed by atoms with E-state index in [4.69, 9.17) is 44.6 Å². The van der Waals surface area contributed by atoms with Gasteiger partial charge in [-0.3, -0.25) is 19.0 Å². The average molecular weight is 731 g/mol. The number of hydrogen-bond acceptors (Lipinski definition) is 18. The molecule has 2 aliphatic rings. The number of imidazole rings is 2. The van der Waals surface area contributed by atoms with Crippen molar-refractivity contribution in [1.29, 1.82) is 0 Å². The number of methoxy groups -OCH3 is 2. The molecule has 284 valence electrons. The second-order valence-corrected chi connectivity index (χ2v) is 12.5. The summed E-state index contributed by atoms with van der Waals surface area (Å²) >= 11 is 0. The second kappa shape index (κ2) is 16.3. The van der Waals surface area contributed by atoms with Crippen LogP contribution in [0.5, 0.6) is 11.8 Å². The largest absolute Gasteiger partial charge is 0.479 e. The van der Waals surface area contributed by atoms with Crippen molar-refractivity contribution < 1.29 is 47.5 Å². The fourth-order valence-corrected chi connectivity index (χ4v) is 6.02. The number of fused-ring (bicyclic) bond motifs is 2. The molecule has 20 heteroatoms. The fourth-order valence-electron chi connectivity index (χ4n) is 6.02. The monoisotopic (exact) mass is 730 g/mol. The lowest BCUT2D eigenvalue weighted by Gasteiger charge is -2.30. The average Bonchev–Trinajstić information content (AvgIpc) is 3.84. The standard InChI is InChI=1S/C15H21N5O4.C11H18O5.C6H7N5O/c1-5-9-6-15(3,24-8(2)21)13(23-9)20-7-17-10-11(20)18-14(16)19-12(10)22-4;1-5-9-6-11(4,16-8(3)13)10(15-9)14-7(2)12;1-12-5-3-4(9-2-8-3)10-6(7)11-5/h7,9,13H,5-6H2,1-4H3,(H2,16,18,19);9-10H,5-6H2,1-4H3;2H,1H3,(H3,7,8,9,10,11)/t9-,13?,15-;9-,10?,11-;/m11./s1. The first-order chi connectivity index (χ1) is 24.6. The van der Waals surface area contributed by atoms with E-state index >= 15 is 0 Å². The Morgan fingerprint density at radius 3 is 2.02 bits per heavy atom. The third kappa shape index (κ3) is 8.91. The number of carbonyl (C=O) groups excluding carboxylic acids is 3. The number of hydrogen-bond donors (Lipinski definition) is 3. The normalized spacial score (nSPS) is 25.0. The summed E-state index contributed by atoms with van der Waals surface area (Å²) in [6, 6.07) is 0. The van der Waals surface area contributed by atoms with E-state index in [1.54, 1.807) is 17.8 Å². The van der Waals surface area contributed by atoms with Crippen LogP contribution in [-0.2, 0) is 38.1 Å². The van der Waals surface area contributed by atoms with Crippen molar-refractivity contribution in [2.45, 2.75) is 110 Å². The zero-order valence-corrected chi connectivity index (χ0v) is 30.7. The summed E-state index contributed by atoms with van der Waals surface area (Å²) in [6.45, 7) is 11.6. The lowest BCUT2D eigenvalue weighted by atomic mass is 9.98. The van der Waals surface area contributed by atoms with E-state index < -0.39 is 35.7 Å². The minimum atomic E-state index is -0.877. The number of nitrogens with zero attached hydrogens (tertiary/aromatic N) is 7. The van der Waals surface area contributed by atoms with Crippen molar-refractivity contribution >= 4 is 52.1 Å². The van der Waals surface area contributed by atoms with Crippen LogP contribution in [0.2, 0.25) is 0 Å². The molecule has 0 aliphatic carbocycles. The molecule has 0 amide bonds. The Morgan fingerprint density at radius 1 is 0.846 bits per heavy atom. The SMILES string of the molecule is CC[C@@H]1C[C@@](C)(OC(C)=O)C(OC(C)=O)O1.CC[C@@H]1C[C@@](C)(OC(C)=O)C(n2cnc3c(OC)nc(N)nc32)O1.COc1nc(N)nc2nc[nH]c12. The van der Waals surface area contributed by atoms with Crippen molar-refractivity contribution in [1.82, 2.24) is 39.5 Å². The van der Waals surface area contributed by atoms with Gasteiger partial charge < -0.3 is 49.6 Å². The van der Waals surface area contributed by atoms with Gasteiger partial charge in [0.15, 0.2) is 34.2 Å². The maximum atomic E-state index is 11.6. The Morgan fingerprint density at radius 2 is 1.42 bits per heavy atom. The van der Waals surface area contributed by atoms with Gasteiger partial charge in [-0.1, -0.05) is 13.8 Å². The molecule has 0 aromatic carbocycles. The van der Waals surface area contributed by atoms with Crippen LogP contribution in [0.3, 0.4) is 0 Å². The van der Waals surface area contributed by atoms with Gasteiger partial charge in [0, 0.05) is 33.6 Å². The van der Waals surface area contributed by atoms with Crippen molar-refractivity contribution in [2.75, 3.05) is 25.7 Å². The van der Waals surface area contributed by atoms with Crippen LogP contribution < -0.4 is 20.9 Å². The van der Waals surface area contributed by atoms with Gasteiger partial charge in [0.2, 0.25) is 29.9 Å². The van der Waals surface area contributed by atoms with Crippen LogP contribution in [0.15, 0.2) is 12.7 Å². The zero-order valence-electron chi connectivity index (χ0n) is 30.7. The highest BCUT2D eigenvalue weighted by Crippen LogP contribution is 2.43. The number of anilines is 2. The summed E-state index contributed by atoms with van der Waals surface area (Å²) in [6.07, 6.45) is 4.37. The van der Waals surface area contributed by atoms with E-state index in [-0.39, 0.29) is 36.0 Å². The van der Waals surface area contributed by atoms with Crippen molar-refractivity contribution in [2.24, 2.45) is 0 Å². The number of ether oxygens (including phenoxy) is 7. The van der Waals surface area contributed by atoms with Crippen molar-refractivity contribution in [3.8, 4) is 11.8 Å². The van der Waals surface area contributed by atoms with Crippen molar-refractivity contribution in [3.05, 3.63) is 12.7 Å². The molecule has 0 saturated carbocycles. The van der Waals surface area contributed by atoms with Gasteiger partial charge in [0.25, 0.3) is 0 Å². The quantitative estimate of drug-likeness (QED) is 0.174. The van der Waals surface area contributed by atoms with Gasteiger partial charge in [0.05, 0.1) is 39.1 Å². The maximum absolute atomic E-state index is 11.6. The molecular weight excluding hydrogens is 684 g/mol. The van der Waals surface area contributed by atoms with Crippen LogP contribution >= 0.6 is 0 Å². The Labute approximate surface area is 299 Å². The van der Waals surface area contributed by atoms with E-state index in [1.165, 1.54) is 41.3 Å². The van der Waals surface area contributed by atoms with Crippen LogP contribution in [0, 0.1) is 0 Å². The number of nitrogens with one attached hydrogen (secondary N) is 1. The second-order valence-electron chi connectivity index (χ2n) is 12.5. The predicted octanol–water partition coefficient (Wildman–Crippen LogP) is 2.78. The van der Waals surface area contributed by atoms with Crippen LogP contribution in [0.25, 0.3) is 22.3 Å². The summed E-state index contributed by atoms with van der Waals surface area (Å²) in [7, 11) is 3.00. The molecule has 6 rings (SSSR count). The Kier molecular flexibility index (Phi) is 12.4. The van der Waals surface area contributed by atoms with E-state index in [2.05, 4.69) is 34.9 Å². The third-order valence-electron chi connectivity index (χ3n) is 8.18. The minimum absolute atomic E-state index is 0.0297. The first kappa shape index (κ1) is 39.4. The van der Waals surface area contributed by atoms with E-state index in [1.807, 2.05) is 20.8 Å². The Hall–Kier alpha value is -5.37. The van der Waals surface area contributed by atoms with Gasteiger partial charge in [0.1, 0.15) is 5.52 Å². The molecule has 2 fully saturated rings. The molecule has 4 aromatic rings.